The Bertz CT molecular complexity index is 961. The number of sulfonamides is 1. The number of rotatable bonds is 11. The van der Waals surface area contributed by atoms with Crippen molar-refractivity contribution in [3.63, 3.8) is 0 Å². The molecule has 0 spiro atoms. The van der Waals surface area contributed by atoms with Gasteiger partial charge in [-0.15, -0.1) is 0 Å². The molecule has 2 rings (SSSR count). The number of hydrogen-bond acceptors (Lipinski definition) is 6. The molecule has 1 fully saturated rings. The van der Waals surface area contributed by atoms with Crippen molar-refractivity contribution in [2.45, 2.75) is 44.0 Å². The van der Waals surface area contributed by atoms with E-state index >= 15 is 0 Å². The number of nitro benzene ring substituents is 1. The molecule has 1 N–H and O–H groups in total. The van der Waals surface area contributed by atoms with Gasteiger partial charge in [-0.25, -0.2) is 13.2 Å². The fraction of sp³-hybridized carbons (Fsp3) is 0.632. The van der Waals surface area contributed by atoms with Crippen LogP contribution in [0.4, 0.5) is 10.5 Å². The molecule has 32 heavy (non-hydrogen) atoms. The zero-order valence-electron chi connectivity index (χ0n) is 18.1. The van der Waals surface area contributed by atoms with Gasteiger partial charge in [-0.1, -0.05) is 19.0 Å². The molecule has 1 aromatic carbocycles. The highest BCUT2D eigenvalue weighted by atomic mass is 32.2. The molecule has 0 unspecified atom stereocenters. The number of hydrogen-bond donors (Lipinski definition) is 1. The average Bonchev–Trinajstić information content (AvgIpc) is 3.15. The van der Waals surface area contributed by atoms with Crippen LogP contribution in [0.2, 0.25) is 0 Å². The summed E-state index contributed by atoms with van der Waals surface area (Å²) in [6.07, 6.45) is 0.459. The van der Waals surface area contributed by atoms with Crippen LogP contribution in [0.25, 0.3) is 10.4 Å². The average molecular weight is 469 g/mol. The molecule has 0 bridgehead atoms. The first-order chi connectivity index (χ1) is 15.1. The summed E-state index contributed by atoms with van der Waals surface area (Å²) in [5, 5.41) is 23.9. The third-order valence-electron chi connectivity index (χ3n) is 5.52. The van der Waals surface area contributed by atoms with Crippen molar-refractivity contribution >= 4 is 21.8 Å². The molecule has 1 amide bonds. The normalized spacial score (nSPS) is 18.7. The molecule has 0 aliphatic carbocycles. The molecule has 1 heterocycles. The lowest BCUT2D eigenvalue weighted by molar-refractivity contribution is -0.384. The second kappa shape index (κ2) is 11.1. The smallest absolute Gasteiger partial charge is 0.407 e. The number of azide groups is 1. The summed E-state index contributed by atoms with van der Waals surface area (Å²) >= 11 is 0. The van der Waals surface area contributed by atoms with E-state index in [1.807, 2.05) is 13.8 Å². The molecule has 176 valence electrons. The number of nitro groups is 1. The van der Waals surface area contributed by atoms with Crippen LogP contribution in [0.1, 0.15) is 33.1 Å². The van der Waals surface area contributed by atoms with Crippen LogP contribution >= 0.6 is 0 Å². The van der Waals surface area contributed by atoms with Crippen molar-refractivity contribution in [2.24, 2.45) is 17.0 Å². The van der Waals surface area contributed by atoms with Gasteiger partial charge >= 0.3 is 6.09 Å². The molecule has 2 atom stereocenters. The largest absolute Gasteiger partial charge is 0.465 e. The Balaban J connectivity index is 2.39. The summed E-state index contributed by atoms with van der Waals surface area (Å²) in [6.45, 7) is 4.59. The SMILES string of the molecule is CC(C)CCN([C@@H]1CN(C(=O)O)C[C@H]1CCCN=[N+]=[N-])S(=O)(=O)c1ccc([N+](=O)[O-])cc1. The summed E-state index contributed by atoms with van der Waals surface area (Å²) in [5.41, 5.74) is 8.25. The van der Waals surface area contributed by atoms with Crippen molar-refractivity contribution in [3.8, 4) is 0 Å². The molecule has 0 aromatic heterocycles. The molecule has 1 saturated heterocycles. The van der Waals surface area contributed by atoms with E-state index in [2.05, 4.69) is 10.0 Å². The maximum absolute atomic E-state index is 13.5. The van der Waals surface area contributed by atoms with Gasteiger partial charge in [-0.3, -0.25) is 10.1 Å². The van der Waals surface area contributed by atoms with E-state index < -0.39 is 27.1 Å². The first-order valence-electron chi connectivity index (χ1n) is 10.3. The molecular weight excluding hydrogens is 440 g/mol. The van der Waals surface area contributed by atoms with Gasteiger partial charge in [-0.05, 0) is 48.8 Å². The van der Waals surface area contributed by atoms with Gasteiger partial charge in [0.2, 0.25) is 10.0 Å². The fourth-order valence-corrected chi connectivity index (χ4v) is 5.51. The van der Waals surface area contributed by atoms with Gasteiger partial charge in [0.25, 0.3) is 5.69 Å². The predicted octanol–water partition coefficient (Wildman–Crippen LogP) is 3.70. The van der Waals surface area contributed by atoms with Gasteiger partial charge in [0.1, 0.15) is 0 Å². The van der Waals surface area contributed by atoms with Gasteiger partial charge in [0.15, 0.2) is 0 Å². The number of amides is 1. The van der Waals surface area contributed by atoms with Crippen molar-refractivity contribution < 1.29 is 23.2 Å². The molecule has 1 aliphatic rings. The minimum atomic E-state index is -4.03. The Morgan fingerprint density at radius 1 is 1.38 bits per heavy atom. The summed E-state index contributed by atoms with van der Waals surface area (Å²) in [4.78, 5) is 25.8. The predicted molar refractivity (Wildman–Crippen MR) is 117 cm³/mol. The van der Waals surface area contributed by atoms with Crippen LogP contribution in [0, 0.1) is 22.0 Å². The second-order valence-corrected chi connectivity index (χ2v) is 10.1. The summed E-state index contributed by atoms with van der Waals surface area (Å²) < 4.78 is 28.4. The quantitative estimate of drug-likeness (QED) is 0.130. The third kappa shape index (κ3) is 6.31. The maximum atomic E-state index is 13.5. The maximum Gasteiger partial charge on any atom is 0.407 e. The summed E-state index contributed by atoms with van der Waals surface area (Å²) in [7, 11) is -4.03. The molecular formula is C19H28N6O6S. The monoisotopic (exact) mass is 468 g/mol. The highest BCUT2D eigenvalue weighted by Crippen LogP contribution is 2.31. The molecule has 0 saturated carbocycles. The Morgan fingerprint density at radius 2 is 2.03 bits per heavy atom. The minimum Gasteiger partial charge on any atom is -0.465 e. The van der Waals surface area contributed by atoms with Crippen LogP contribution in [0.3, 0.4) is 0 Å². The van der Waals surface area contributed by atoms with Crippen molar-refractivity contribution in [3.05, 3.63) is 44.8 Å². The van der Waals surface area contributed by atoms with Crippen LogP contribution in [0.15, 0.2) is 34.3 Å². The third-order valence-corrected chi connectivity index (χ3v) is 7.46. The number of likely N-dealkylation sites (tertiary alicyclic amines) is 1. The fourth-order valence-electron chi connectivity index (χ4n) is 3.81. The molecule has 13 heteroatoms. The van der Waals surface area contributed by atoms with E-state index in [0.717, 1.165) is 12.1 Å². The Labute approximate surface area is 186 Å². The zero-order valence-corrected chi connectivity index (χ0v) is 18.9. The lowest BCUT2D eigenvalue weighted by Crippen LogP contribution is -2.46. The molecule has 0 radical (unpaired) electrons. The van der Waals surface area contributed by atoms with Gasteiger partial charge in [0.05, 0.1) is 9.82 Å². The molecule has 12 nitrogen and oxygen atoms in total. The Kier molecular flexibility index (Phi) is 8.81. The minimum absolute atomic E-state index is 0.0336. The number of nitrogens with zero attached hydrogens (tertiary/aromatic N) is 6. The van der Waals surface area contributed by atoms with E-state index in [4.69, 9.17) is 5.53 Å². The molecule has 1 aromatic rings. The van der Waals surface area contributed by atoms with Crippen molar-refractivity contribution in [2.75, 3.05) is 26.2 Å². The van der Waals surface area contributed by atoms with E-state index in [0.29, 0.717) is 19.3 Å². The lowest BCUT2D eigenvalue weighted by Gasteiger charge is -2.32. The van der Waals surface area contributed by atoms with Crippen molar-refractivity contribution in [1.29, 1.82) is 0 Å². The summed E-state index contributed by atoms with van der Waals surface area (Å²) in [6, 6.07) is 4.11. The van der Waals surface area contributed by atoms with Crippen LogP contribution in [-0.4, -0.2) is 66.0 Å². The lowest BCUT2D eigenvalue weighted by atomic mass is 9.97. The van der Waals surface area contributed by atoms with E-state index in [1.54, 1.807) is 0 Å². The van der Waals surface area contributed by atoms with Gasteiger partial charge < -0.3 is 10.0 Å². The summed E-state index contributed by atoms with van der Waals surface area (Å²) in [5.74, 6) is -0.0510. The number of benzene rings is 1. The number of non-ortho nitro benzene ring substituents is 1. The topological polar surface area (TPSA) is 170 Å². The first-order valence-corrected chi connectivity index (χ1v) is 11.8. The van der Waals surface area contributed by atoms with E-state index in [1.165, 1.54) is 21.3 Å². The Hall–Kier alpha value is -2.89. The van der Waals surface area contributed by atoms with Crippen LogP contribution in [0.5, 0.6) is 0 Å². The van der Waals surface area contributed by atoms with Crippen molar-refractivity contribution in [1.82, 2.24) is 9.21 Å². The highest BCUT2D eigenvalue weighted by molar-refractivity contribution is 7.89. The highest BCUT2D eigenvalue weighted by Gasteiger charge is 2.43. The zero-order chi connectivity index (χ0) is 23.9. The molecule has 1 aliphatic heterocycles. The first kappa shape index (κ1) is 25.4. The van der Waals surface area contributed by atoms with Gasteiger partial charge in [0, 0.05) is 49.3 Å². The van der Waals surface area contributed by atoms with E-state index in [9.17, 15) is 28.4 Å². The van der Waals surface area contributed by atoms with E-state index in [-0.39, 0.29) is 48.6 Å². The number of carboxylic acid groups (broad SMARTS) is 1. The van der Waals surface area contributed by atoms with Crippen LogP contribution < -0.4 is 0 Å². The van der Waals surface area contributed by atoms with Gasteiger partial charge in [-0.2, -0.15) is 4.31 Å². The Morgan fingerprint density at radius 3 is 2.56 bits per heavy atom. The van der Waals surface area contributed by atoms with Crippen LogP contribution in [-0.2, 0) is 10.0 Å². The standard InChI is InChI=1S/C19H28N6O6S/c1-14(2)9-11-24(32(30,31)17-7-5-16(6-8-17)25(28)29)18-13-23(19(26)27)12-15(18)4-3-10-21-22-20/h5-8,14-15,18H,3-4,9-13H2,1-2H3,(H,26,27)/t15-,18-/m1/s1. The number of carbonyl (C=O) groups is 1. The second-order valence-electron chi connectivity index (χ2n) is 8.16.